The zero-order valence-electron chi connectivity index (χ0n) is 73.3. The number of hydrogen-bond donors (Lipinski definition) is 15. The maximum atomic E-state index is 15.4. The first-order valence-corrected chi connectivity index (χ1v) is 43.2. The van der Waals surface area contributed by atoms with Gasteiger partial charge in [-0.25, -0.2) is 4.98 Å². The zero-order valence-corrected chi connectivity index (χ0v) is 74.1. The van der Waals surface area contributed by atoms with Gasteiger partial charge in [-0.3, -0.25) is 76.7 Å². The van der Waals surface area contributed by atoms with Crippen molar-refractivity contribution < 1.29 is 92.0 Å². The lowest BCUT2D eigenvalue weighted by Crippen LogP contribution is -2.61. The Morgan fingerprint density at radius 1 is 0.500 bits per heavy atom. The fraction of sp³-hybridized carbons (Fsp3) is 0.433. The predicted molar refractivity (Wildman–Crippen MR) is 474 cm³/mol. The van der Waals surface area contributed by atoms with Gasteiger partial charge in [0.1, 0.15) is 78.0 Å². The fourth-order valence-electron chi connectivity index (χ4n) is 14.7. The summed E-state index contributed by atoms with van der Waals surface area (Å²) in [6.45, 7) is 6.13. The molecule has 2 aromatic heterocycles. The van der Waals surface area contributed by atoms with Gasteiger partial charge in [0.15, 0.2) is 0 Å². The van der Waals surface area contributed by atoms with Crippen molar-refractivity contribution in [3.05, 3.63) is 186 Å². The van der Waals surface area contributed by atoms with Gasteiger partial charge in [0.2, 0.25) is 88.6 Å². The number of amides is 15. The second-order valence-corrected chi connectivity index (χ2v) is 33.7. The molecular formula is C90H116N18O19S. The summed E-state index contributed by atoms with van der Waals surface area (Å²) in [6, 6.07) is 18.4. The van der Waals surface area contributed by atoms with Crippen molar-refractivity contribution in [3.8, 4) is 11.5 Å². The number of phenols is 2. The molecule has 3 heterocycles. The van der Waals surface area contributed by atoms with E-state index in [-0.39, 0.29) is 68.8 Å². The van der Waals surface area contributed by atoms with Crippen LogP contribution in [0.3, 0.4) is 0 Å². The van der Waals surface area contributed by atoms with Crippen LogP contribution in [0.5, 0.6) is 11.5 Å². The Labute approximate surface area is 745 Å². The van der Waals surface area contributed by atoms with E-state index in [9.17, 15) is 58.5 Å². The number of benzene rings is 5. The molecule has 0 unspecified atom stereocenters. The van der Waals surface area contributed by atoms with Crippen molar-refractivity contribution in [2.24, 2.45) is 17.6 Å². The number of carbonyl (C=O) groups is 16. The number of nitrogens with one attached hydrogen (secondary N) is 11. The number of aromatic amines is 2. The number of likely N-dealkylation sites (N-methyl/N-ethyl adjacent to an activating group) is 5. The molecular weight excluding hydrogens is 1670 g/mol. The molecule has 1 fully saturated rings. The minimum atomic E-state index is -1.91. The Morgan fingerprint density at radius 2 is 0.992 bits per heavy atom. The standard InChI is InChI=1S/C90H116N18O19S/c1-11-12-27-71-88(125)105(7)48-76(113)97-67(43-78(115)116)84(121)103-79(53(4)5)90(127)107(9)72(40-55-23-17-14-18-24-55)85(122)101-68(39-57-30-34-61(110)35-31-57)86(123)104(6)47-75(112)96-66(41-58-44-93-63-26-20-19-25-62(58)63)83(120)100-65(37-56-28-32-60(109)33-29-56)82(119)99-64(36-52(2)3)81(118)102-70(80(117)94-46-74(91)111)49-128-50-77(114)98-69(38-54-21-15-13-16-22-54)87(124)108(10)73(89(126)106(71)8)42-59-45-92-51-95-59/h13-26,28-35,44-45,51-53,64-73,79,93,109-110H,11-12,27,36-43,46-50H2,1-10H3,(H2,91,111)(H,92,95)(H,94,117)(H,96,112)(H,97,113)(H,98,114)(H,99,119)(H,100,120)(H,101,122)(H,102,118)(H,103,121)(H,115,116)/t64-,65-,66-,67-,68-,69-,70-,71-,72-,73-,79-/m0/s1. The Hall–Kier alpha value is -13.7. The lowest BCUT2D eigenvalue weighted by molar-refractivity contribution is -0.151. The van der Waals surface area contributed by atoms with E-state index in [4.69, 9.17) is 5.73 Å². The molecule has 1 aliphatic heterocycles. The number of carbonyl (C=O) groups excluding carboxylic acids is 15. The fourth-order valence-corrected chi connectivity index (χ4v) is 15.6. The van der Waals surface area contributed by atoms with E-state index in [1.54, 1.807) is 119 Å². The summed E-state index contributed by atoms with van der Waals surface area (Å²) in [5, 5.41) is 55.5. The van der Waals surface area contributed by atoms with Crippen LogP contribution >= 0.6 is 11.8 Å². The van der Waals surface area contributed by atoms with Crippen molar-refractivity contribution in [2.45, 2.75) is 172 Å². The molecule has 5 aromatic carbocycles. The molecule has 0 saturated carbocycles. The lowest BCUT2D eigenvalue weighted by Gasteiger charge is -2.37. The number of hydrogen-bond acceptors (Lipinski definition) is 20. The number of aromatic hydroxyl groups is 2. The minimum absolute atomic E-state index is 0.0147. The molecule has 0 spiro atoms. The SMILES string of the molecule is CCCC[C@H]1C(=O)N(C)CC(=O)N[C@@H](CC(=O)O)C(=O)N[C@@H](C(C)C)C(=O)N(C)[C@@H](Cc2ccccc2)C(=O)N[C@@H](Cc2ccc(O)cc2)C(=O)N(C)CC(=O)N[C@@H](Cc2c[nH]c3ccccc23)C(=O)N[C@@H](Cc2ccc(O)cc2)C(=O)N[C@@H](CC(C)C)C(=O)N[C@H](C(=O)NCC(N)=O)CSCC(=O)N[C@@H](Cc2ccccc2)C(=O)N(C)[C@@H](Cc2cnc[nH]2)C(=O)N1C. The molecule has 8 rings (SSSR count). The van der Waals surface area contributed by atoms with E-state index in [0.29, 0.717) is 57.3 Å². The average Bonchev–Trinajstić information content (AvgIpc) is 1.06. The molecule has 0 radical (unpaired) electrons. The topological polar surface area (TPSA) is 529 Å². The van der Waals surface area contributed by atoms with Crippen LogP contribution in [0.15, 0.2) is 152 Å². The first kappa shape index (κ1) is 99.7. The smallest absolute Gasteiger partial charge is 0.305 e. The number of rotatable bonds is 23. The summed E-state index contributed by atoms with van der Waals surface area (Å²) < 4.78 is 0. The summed E-state index contributed by atoms with van der Waals surface area (Å²) in [5.74, 6) is -17.6. The van der Waals surface area contributed by atoms with Crippen LogP contribution in [-0.4, -0.2) is 282 Å². The van der Waals surface area contributed by atoms with Crippen molar-refractivity contribution in [1.29, 1.82) is 0 Å². The number of para-hydroxylation sites is 1. The summed E-state index contributed by atoms with van der Waals surface area (Å²) in [4.78, 5) is 250. The van der Waals surface area contributed by atoms with Gasteiger partial charge in [0.25, 0.3) is 0 Å². The Balaban J connectivity index is 1.21. The number of thioether (sulfide) groups is 1. The molecule has 0 bridgehead atoms. The van der Waals surface area contributed by atoms with Crippen LogP contribution in [0.1, 0.15) is 100 Å². The maximum absolute atomic E-state index is 15.4. The number of primary amides is 1. The normalized spacial score (nSPS) is 22.0. The van der Waals surface area contributed by atoms with E-state index in [0.717, 1.165) is 36.3 Å². The quantitative estimate of drug-likeness (QED) is 0.0426. The van der Waals surface area contributed by atoms with E-state index in [2.05, 4.69) is 62.8 Å². The van der Waals surface area contributed by atoms with Crippen molar-refractivity contribution in [3.63, 3.8) is 0 Å². The van der Waals surface area contributed by atoms with Gasteiger partial charge in [-0.1, -0.05) is 151 Å². The van der Waals surface area contributed by atoms with E-state index >= 15 is 33.6 Å². The largest absolute Gasteiger partial charge is 0.508 e. The summed E-state index contributed by atoms with van der Waals surface area (Å²) >= 11 is 0.819. The van der Waals surface area contributed by atoms with Crippen molar-refractivity contribution in [2.75, 3.05) is 66.4 Å². The third kappa shape index (κ3) is 29.7. The maximum Gasteiger partial charge on any atom is 0.305 e. The summed E-state index contributed by atoms with van der Waals surface area (Å²) in [6.07, 6.45) is 2.70. The highest BCUT2D eigenvalue weighted by Gasteiger charge is 2.42. The molecule has 128 heavy (non-hydrogen) atoms. The Kier molecular flexibility index (Phi) is 37.5. The van der Waals surface area contributed by atoms with Gasteiger partial charge in [-0.05, 0) is 82.8 Å². The third-order valence-electron chi connectivity index (χ3n) is 21.8. The van der Waals surface area contributed by atoms with E-state index in [1.165, 1.54) is 96.3 Å². The number of fused-ring (bicyclic) bond motifs is 1. The van der Waals surface area contributed by atoms with Crippen LogP contribution < -0.4 is 53.6 Å². The molecule has 686 valence electrons. The van der Waals surface area contributed by atoms with Gasteiger partial charge in [-0.2, -0.15) is 0 Å². The zero-order chi connectivity index (χ0) is 93.6. The number of H-pyrrole nitrogens is 2. The van der Waals surface area contributed by atoms with Crippen LogP contribution in [0.4, 0.5) is 0 Å². The number of unbranched alkanes of at least 4 members (excludes halogenated alkanes) is 1. The molecule has 16 N–H and O–H groups in total. The highest BCUT2D eigenvalue weighted by Crippen LogP contribution is 2.24. The molecule has 0 aliphatic carbocycles. The molecule has 37 nitrogen and oxygen atoms in total. The number of nitrogens with two attached hydrogens (primary N) is 1. The first-order valence-electron chi connectivity index (χ1n) is 42.1. The molecule has 11 atom stereocenters. The van der Waals surface area contributed by atoms with Crippen molar-refractivity contribution in [1.82, 2.24) is 87.3 Å². The van der Waals surface area contributed by atoms with E-state index < -0.39 is 205 Å². The van der Waals surface area contributed by atoms with Gasteiger partial charge >= 0.3 is 5.97 Å². The van der Waals surface area contributed by atoms with Crippen LogP contribution in [-0.2, 0) is 115 Å². The third-order valence-corrected chi connectivity index (χ3v) is 22.8. The predicted octanol–water partition coefficient (Wildman–Crippen LogP) is 1.05. The first-order chi connectivity index (χ1) is 60.9. The number of aliphatic carboxylic acids is 1. The van der Waals surface area contributed by atoms with Crippen LogP contribution in [0.2, 0.25) is 0 Å². The molecule has 38 heteroatoms. The minimum Gasteiger partial charge on any atom is -0.508 e. The second-order valence-electron chi connectivity index (χ2n) is 32.7. The molecule has 7 aromatic rings. The summed E-state index contributed by atoms with van der Waals surface area (Å²) in [7, 11) is 6.46. The lowest BCUT2D eigenvalue weighted by atomic mass is 9.98. The highest BCUT2D eigenvalue weighted by atomic mass is 32.2. The number of carboxylic acid groups (broad SMARTS) is 1. The number of imidazole rings is 1. The number of phenolic OH excluding ortho intramolecular Hbond substituents is 2. The summed E-state index contributed by atoms with van der Waals surface area (Å²) in [5.41, 5.74) is 8.86. The Bertz CT molecular complexity index is 5020. The number of nitrogens with zero attached hydrogens (tertiary/aromatic N) is 6. The highest BCUT2D eigenvalue weighted by molar-refractivity contribution is 8.00. The second kappa shape index (κ2) is 48.1. The number of carboxylic acids is 1. The van der Waals surface area contributed by atoms with Crippen LogP contribution in [0, 0.1) is 11.8 Å². The molecule has 15 amide bonds. The molecule has 1 aliphatic rings. The monoisotopic (exact) mass is 1780 g/mol. The van der Waals surface area contributed by atoms with Crippen molar-refractivity contribution >= 4 is 117 Å². The number of aromatic nitrogens is 3. The van der Waals surface area contributed by atoms with E-state index in [1.807, 2.05) is 6.92 Å². The van der Waals surface area contributed by atoms with Gasteiger partial charge in [-0.15, -0.1) is 11.8 Å². The van der Waals surface area contributed by atoms with Gasteiger partial charge in [0, 0.05) is 109 Å². The van der Waals surface area contributed by atoms with Gasteiger partial charge in [0.05, 0.1) is 38.1 Å². The Morgan fingerprint density at radius 3 is 1.55 bits per heavy atom. The van der Waals surface area contributed by atoms with Gasteiger partial charge < -0.3 is 103 Å². The average molecular weight is 1790 g/mol. The van der Waals surface area contributed by atoms with Crippen LogP contribution in [0.25, 0.3) is 10.9 Å². The molecule has 1 saturated heterocycles.